The molecule has 0 amide bonds. The molecular formula is C14H15FN4OS. The van der Waals surface area contributed by atoms with E-state index in [4.69, 9.17) is 5.26 Å². The van der Waals surface area contributed by atoms with E-state index in [-0.39, 0.29) is 12.4 Å². The van der Waals surface area contributed by atoms with Gasteiger partial charge in [-0.15, -0.1) is 10.2 Å². The van der Waals surface area contributed by atoms with Crippen molar-refractivity contribution in [2.24, 2.45) is 0 Å². The minimum atomic E-state index is -0.365. The third kappa shape index (κ3) is 3.60. The third-order valence-corrected chi connectivity index (χ3v) is 3.94. The van der Waals surface area contributed by atoms with Crippen molar-refractivity contribution in [1.82, 2.24) is 14.8 Å². The van der Waals surface area contributed by atoms with Crippen molar-refractivity contribution in [2.45, 2.75) is 37.4 Å². The van der Waals surface area contributed by atoms with E-state index in [2.05, 4.69) is 16.3 Å². The summed E-state index contributed by atoms with van der Waals surface area (Å²) >= 11 is 1.37. The van der Waals surface area contributed by atoms with Crippen LogP contribution in [-0.4, -0.2) is 19.9 Å². The number of nitrogens with zero attached hydrogens (tertiary/aromatic N) is 4. The van der Waals surface area contributed by atoms with Crippen LogP contribution in [-0.2, 0) is 18.9 Å². The van der Waals surface area contributed by atoms with Crippen LogP contribution in [0.15, 0.2) is 23.4 Å². The van der Waals surface area contributed by atoms with Crippen LogP contribution in [0, 0.1) is 17.1 Å². The highest BCUT2D eigenvalue weighted by Gasteiger charge is 2.12. The van der Waals surface area contributed by atoms with Gasteiger partial charge in [-0.2, -0.15) is 5.26 Å². The standard InChI is InChI=1S/C14H15FN4OS/c1-2-5-19-13(8-20)17-18-14(19)21-9-11-6-12(15)4-3-10(11)7-16/h3-4,6,20H,2,5,8-9H2,1H3. The number of aliphatic hydroxyl groups excluding tert-OH is 1. The van der Waals surface area contributed by atoms with Gasteiger partial charge < -0.3 is 9.67 Å². The van der Waals surface area contributed by atoms with Crippen molar-refractivity contribution in [1.29, 1.82) is 5.26 Å². The highest BCUT2D eigenvalue weighted by atomic mass is 32.2. The summed E-state index contributed by atoms with van der Waals surface area (Å²) in [6.45, 7) is 2.56. The largest absolute Gasteiger partial charge is 0.388 e. The molecule has 5 nitrogen and oxygen atoms in total. The Balaban J connectivity index is 2.19. The van der Waals surface area contributed by atoms with Gasteiger partial charge in [0.2, 0.25) is 0 Å². The molecule has 7 heteroatoms. The molecule has 1 aromatic carbocycles. The van der Waals surface area contributed by atoms with Crippen LogP contribution in [0.1, 0.15) is 30.3 Å². The first-order valence-electron chi connectivity index (χ1n) is 6.53. The molecule has 1 N–H and O–H groups in total. The normalized spacial score (nSPS) is 10.6. The molecule has 0 saturated carbocycles. The summed E-state index contributed by atoms with van der Waals surface area (Å²) in [7, 11) is 0. The first-order chi connectivity index (χ1) is 10.2. The second-order valence-corrected chi connectivity index (χ2v) is 5.35. The summed E-state index contributed by atoms with van der Waals surface area (Å²) in [5.74, 6) is 0.572. The molecule has 0 unspecified atom stereocenters. The molecule has 0 saturated heterocycles. The van der Waals surface area contributed by atoms with Crippen molar-refractivity contribution in [2.75, 3.05) is 0 Å². The van der Waals surface area contributed by atoms with Crippen LogP contribution in [0.5, 0.6) is 0 Å². The number of hydrogen-bond acceptors (Lipinski definition) is 5. The second-order valence-electron chi connectivity index (χ2n) is 4.41. The van der Waals surface area contributed by atoms with E-state index in [1.165, 1.54) is 30.0 Å². The molecule has 0 bridgehead atoms. The van der Waals surface area contributed by atoms with Crippen LogP contribution >= 0.6 is 11.8 Å². The monoisotopic (exact) mass is 306 g/mol. The van der Waals surface area contributed by atoms with Gasteiger partial charge in [-0.25, -0.2) is 4.39 Å². The lowest BCUT2D eigenvalue weighted by molar-refractivity contribution is 0.263. The molecule has 0 fully saturated rings. The number of thioether (sulfide) groups is 1. The molecule has 2 rings (SSSR count). The van der Waals surface area contributed by atoms with Gasteiger partial charge in [0.25, 0.3) is 0 Å². The Bertz CT molecular complexity index is 665. The zero-order valence-corrected chi connectivity index (χ0v) is 12.4. The topological polar surface area (TPSA) is 74.7 Å². The maximum Gasteiger partial charge on any atom is 0.191 e. The van der Waals surface area contributed by atoms with Crippen molar-refractivity contribution in [3.05, 3.63) is 41.0 Å². The van der Waals surface area contributed by atoms with E-state index in [0.29, 0.717) is 34.4 Å². The molecule has 0 aliphatic rings. The molecule has 0 radical (unpaired) electrons. The Kier molecular flexibility index (Phi) is 5.31. The highest BCUT2D eigenvalue weighted by molar-refractivity contribution is 7.98. The fourth-order valence-electron chi connectivity index (χ4n) is 1.92. The van der Waals surface area contributed by atoms with Crippen LogP contribution < -0.4 is 0 Å². The molecular weight excluding hydrogens is 291 g/mol. The van der Waals surface area contributed by atoms with E-state index >= 15 is 0 Å². The van der Waals surface area contributed by atoms with Gasteiger partial charge in [0.05, 0.1) is 11.6 Å². The SMILES string of the molecule is CCCn1c(CO)nnc1SCc1cc(F)ccc1C#N. The maximum absolute atomic E-state index is 13.3. The predicted octanol–water partition coefficient (Wildman–Crippen LogP) is 2.48. The number of benzene rings is 1. The summed E-state index contributed by atoms with van der Waals surface area (Å²) in [6.07, 6.45) is 0.891. The fraction of sp³-hybridized carbons (Fsp3) is 0.357. The van der Waals surface area contributed by atoms with Crippen molar-refractivity contribution >= 4 is 11.8 Å². The van der Waals surface area contributed by atoms with Gasteiger partial charge >= 0.3 is 0 Å². The Labute approximate surface area is 126 Å². The number of nitriles is 1. The molecule has 1 heterocycles. The lowest BCUT2D eigenvalue weighted by atomic mass is 10.1. The number of hydrogen-bond donors (Lipinski definition) is 1. The highest BCUT2D eigenvalue weighted by Crippen LogP contribution is 2.24. The Morgan fingerprint density at radius 2 is 2.24 bits per heavy atom. The number of halogens is 1. The van der Waals surface area contributed by atoms with Crippen LogP contribution in [0.3, 0.4) is 0 Å². The zero-order chi connectivity index (χ0) is 15.2. The number of aliphatic hydroxyl groups is 1. The molecule has 2 aromatic rings. The smallest absolute Gasteiger partial charge is 0.191 e. The summed E-state index contributed by atoms with van der Waals surface area (Å²) in [5, 5.41) is 26.9. The Morgan fingerprint density at radius 3 is 2.90 bits per heavy atom. The molecule has 21 heavy (non-hydrogen) atoms. The van der Waals surface area contributed by atoms with Gasteiger partial charge in [0.15, 0.2) is 11.0 Å². The van der Waals surface area contributed by atoms with Gasteiger partial charge in [0, 0.05) is 12.3 Å². The molecule has 110 valence electrons. The second kappa shape index (κ2) is 7.20. The maximum atomic E-state index is 13.3. The number of aromatic nitrogens is 3. The van der Waals surface area contributed by atoms with Crippen LogP contribution in [0.2, 0.25) is 0 Å². The van der Waals surface area contributed by atoms with E-state index in [0.717, 1.165) is 6.42 Å². The van der Waals surface area contributed by atoms with E-state index in [1.54, 1.807) is 0 Å². The van der Waals surface area contributed by atoms with Gasteiger partial charge in [-0.1, -0.05) is 18.7 Å². The molecule has 0 aliphatic heterocycles. The predicted molar refractivity (Wildman–Crippen MR) is 76.9 cm³/mol. The van der Waals surface area contributed by atoms with Crippen molar-refractivity contribution in [3.8, 4) is 6.07 Å². The van der Waals surface area contributed by atoms with Gasteiger partial charge in [0.1, 0.15) is 12.4 Å². The lowest BCUT2D eigenvalue weighted by Gasteiger charge is -2.08. The van der Waals surface area contributed by atoms with E-state index in [1.807, 2.05) is 11.5 Å². The Hall–Kier alpha value is -1.91. The zero-order valence-electron chi connectivity index (χ0n) is 11.6. The van der Waals surface area contributed by atoms with Gasteiger partial charge in [-0.3, -0.25) is 0 Å². The molecule has 0 aliphatic carbocycles. The molecule has 0 atom stereocenters. The minimum Gasteiger partial charge on any atom is -0.388 e. The quantitative estimate of drug-likeness (QED) is 0.830. The molecule has 1 aromatic heterocycles. The van der Waals surface area contributed by atoms with E-state index in [9.17, 15) is 9.50 Å². The van der Waals surface area contributed by atoms with Crippen molar-refractivity contribution in [3.63, 3.8) is 0 Å². The van der Waals surface area contributed by atoms with Crippen molar-refractivity contribution < 1.29 is 9.50 Å². The first-order valence-corrected chi connectivity index (χ1v) is 7.52. The van der Waals surface area contributed by atoms with E-state index < -0.39 is 0 Å². The summed E-state index contributed by atoms with van der Waals surface area (Å²) in [5.41, 5.74) is 1.08. The first kappa shape index (κ1) is 15.5. The minimum absolute atomic E-state index is 0.170. The third-order valence-electron chi connectivity index (χ3n) is 2.93. The summed E-state index contributed by atoms with van der Waals surface area (Å²) in [6, 6.07) is 6.16. The van der Waals surface area contributed by atoms with Gasteiger partial charge in [-0.05, 0) is 30.2 Å². The lowest BCUT2D eigenvalue weighted by Crippen LogP contribution is -2.05. The molecule has 0 spiro atoms. The van der Waals surface area contributed by atoms with Crippen LogP contribution in [0.25, 0.3) is 0 Å². The summed E-state index contributed by atoms with van der Waals surface area (Å²) in [4.78, 5) is 0. The average Bonchev–Trinajstić information content (AvgIpc) is 2.88. The average molecular weight is 306 g/mol. The number of rotatable bonds is 6. The summed E-state index contributed by atoms with van der Waals surface area (Å²) < 4.78 is 15.1. The Morgan fingerprint density at radius 1 is 1.43 bits per heavy atom. The fourth-order valence-corrected chi connectivity index (χ4v) is 2.90. The van der Waals surface area contributed by atoms with Crippen LogP contribution in [0.4, 0.5) is 4.39 Å².